The van der Waals surface area contributed by atoms with Crippen LogP contribution in [0.3, 0.4) is 0 Å². The molecule has 0 rings (SSSR count). The number of amides is 3. The highest BCUT2D eigenvalue weighted by molar-refractivity contribution is 5.94. The zero-order valence-corrected chi connectivity index (χ0v) is 18.4. The Hall–Kier alpha value is -2.77. The quantitative estimate of drug-likeness (QED) is 0.112. The number of aliphatic hydroxyl groups excluding tert-OH is 1. The molecule has 0 aromatic rings. The highest BCUT2D eigenvalue weighted by Gasteiger charge is 2.30. The fourth-order valence-electron chi connectivity index (χ4n) is 2.68. The molecule has 13 nitrogen and oxygen atoms in total. The average molecular weight is 462 g/mol. The molecule has 10 N–H and O–H groups in total. The Kier molecular flexibility index (Phi) is 13.8. The number of hydrogen-bond donors (Lipinski definition) is 8. The second-order valence-corrected chi connectivity index (χ2v) is 7.70. The second kappa shape index (κ2) is 15.1. The van der Waals surface area contributed by atoms with E-state index < -0.39 is 66.4 Å². The molecule has 3 amide bonds. The summed E-state index contributed by atoms with van der Waals surface area (Å²) in [6, 6.07) is -4.94. The van der Waals surface area contributed by atoms with Gasteiger partial charge in [0.2, 0.25) is 17.7 Å². The van der Waals surface area contributed by atoms with Crippen molar-refractivity contribution in [1.29, 1.82) is 0 Å². The molecule has 0 heterocycles. The van der Waals surface area contributed by atoms with Gasteiger partial charge in [0.05, 0.1) is 12.6 Å². The summed E-state index contributed by atoms with van der Waals surface area (Å²) >= 11 is 0. The van der Waals surface area contributed by atoms with Gasteiger partial charge in [-0.15, -0.1) is 0 Å². The van der Waals surface area contributed by atoms with Gasteiger partial charge in [-0.25, -0.2) is 4.79 Å². The van der Waals surface area contributed by atoms with Crippen LogP contribution < -0.4 is 27.4 Å². The molecule has 4 unspecified atom stereocenters. The predicted molar refractivity (Wildman–Crippen MR) is 113 cm³/mol. The van der Waals surface area contributed by atoms with Crippen molar-refractivity contribution in [3.05, 3.63) is 0 Å². The van der Waals surface area contributed by atoms with E-state index in [1.165, 1.54) is 0 Å². The first-order chi connectivity index (χ1) is 14.9. The van der Waals surface area contributed by atoms with E-state index in [2.05, 4.69) is 16.0 Å². The van der Waals surface area contributed by atoms with Gasteiger partial charge in [-0.05, 0) is 38.1 Å². The Labute approximate surface area is 186 Å². The third-order valence-corrected chi connectivity index (χ3v) is 4.63. The van der Waals surface area contributed by atoms with E-state index in [0.717, 1.165) is 0 Å². The molecular weight excluding hydrogens is 426 g/mol. The number of carbonyl (C=O) groups is 5. The van der Waals surface area contributed by atoms with Gasteiger partial charge >= 0.3 is 11.9 Å². The Morgan fingerprint density at radius 3 is 1.88 bits per heavy atom. The summed E-state index contributed by atoms with van der Waals surface area (Å²) in [5, 5.41) is 34.4. The van der Waals surface area contributed by atoms with Gasteiger partial charge in [0.1, 0.15) is 18.1 Å². The molecule has 0 fully saturated rings. The van der Waals surface area contributed by atoms with E-state index in [4.69, 9.17) is 16.6 Å². The maximum Gasteiger partial charge on any atom is 0.326 e. The van der Waals surface area contributed by atoms with Crippen molar-refractivity contribution in [3.8, 4) is 0 Å². The van der Waals surface area contributed by atoms with Crippen molar-refractivity contribution >= 4 is 29.7 Å². The Morgan fingerprint density at radius 2 is 1.41 bits per heavy atom. The average Bonchev–Trinajstić information content (AvgIpc) is 2.72. The van der Waals surface area contributed by atoms with Crippen molar-refractivity contribution in [2.45, 2.75) is 70.1 Å². The largest absolute Gasteiger partial charge is 0.481 e. The van der Waals surface area contributed by atoms with Crippen molar-refractivity contribution < 1.29 is 39.3 Å². The minimum Gasteiger partial charge on any atom is -0.481 e. The normalized spacial score (nSPS) is 14.7. The third-order valence-electron chi connectivity index (χ3n) is 4.63. The SMILES string of the molecule is CC(C)C(NC(=O)C(CCCCN)NC(=O)C(CO)NC(=O)C(N)CCC(=O)O)C(=O)O. The van der Waals surface area contributed by atoms with E-state index in [9.17, 15) is 34.2 Å². The number of carboxylic acids is 2. The number of hydrogen-bond acceptors (Lipinski definition) is 8. The summed E-state index contributed by atoms with van der Waals surface area (Å²) in [7, 11) is 0. The van der Waals surface area contributed by atoms with Gasteiger partial charge < -0.3 is 42.7 Å². The van der Waals surface area contributed by atoms with Crippen LogP contribution in [0.1, 0.15) is 46.0 Å². The maximum absolute atomic E-state index is 12.6. The molecule has 0 aromatic heterocycles. The summed E-state index contributed by atoms with van der Waals surface area (Å²) in [4.78, 5) is 59.2. The first kappa shape index (κ1) is 29.2. The van der Waals surface area contributed by atoms with Gasteiger partial charge in [0.15, 0.2) is 0 Å². The van der Waals surface area contributed by atoms with Crippen LogP contribution in [-0.4, -0.2) is 82.3 Å². The van der Waals surface area contributed by atoms with Crippen LogP contribution in [0, 0.1) is 5.92 Å². The van der Waals surface area contributed by atoms with Gasteiger partial charge in [0.25, 0.3) is 0 Å². The molecule has 32 heavy (non-hydrogen) atoms. The van der Waals surface area contributed by atoms with E-state index in [1.807, 2.05) is 0 Å². The minimum atomic E-state index is -1.44. The lowest BCUT2D eigenvalue weighted by atomic mass is 10.0. The number of nitrogens with one attached hydrogen (secondary N) is 3. The summed E-state index contributed by atoms with van der Waals surface area (Å²) in [6.45, 7) is 2.79. The fourth-order valence-corrected chi connectivity index (χ4v) is 2.68. The van der Waals surface area contributed by atoms with Crippen molar-refractivity contribution in [2.75, 3.05) is 13.2 Å². The molecule has 4 atom stereocenters. The topological polar surface area (TPSA) is 234 Å². The Bertz CT molecular complexity index is 658. The number of nitrogens with two attached hydrogens (primary N) is 2. The molecule has 184 valence electrons. The van der Waals surface area contributed by atoms with E-state index >= 15 is 0 Å². The Morgan fingerprint density at radius 1 is 0.844 bits per heavy atom. The number of unbranched alkanes of at least 4 members (excludes halogenated alkanes) is 1. The number of carbonyl (C=O) groups excluding carboxylic acids is 3. The van der Waals surface area contributed by atoms with Crippen LogP contribution in [0.2, 0.25) is 0 Å². The standard InChI is InChI=1S/C19H35N5O8/c1-10(2)15(19(31)32)24-17(29)12(5-3-4-8-20)22-18(30)13(9-25)23-16(28)11(21)6-7-14(26)27/h10-13,15,25H,3-9,20-21H2,1-2H3,(H,22,30)(H,23,28)(H,24,29)(H,26,27)(H,31,32). The van der Waals surface area contributed by atoms with Crippen LogP contribution in [-0.2, 0) is 24.0 Å². The lowest BCUT2D eigenvalue weighted by molar-refractivity contribution is -0.143. The summed E-state index contributed by atoms with van der Waals surface area (Å²) in [5.74, 6) is -5.22. The fraction of sp³-hybridized carbons (Fsp3) is 0.737. The maximum atomic E-state index is 12.6. The molecule has 13 heteroatoms. The molecule has 0 aliphatic heterocycles. The predicted octanol–water partition coefficient (Wildman–Crippen LogP) is -2.51. The van der Waals surface area contributed by atoms with Gasteiger partial charge in [-0.3, -0.25) is 19.2 Å². The smallest absolute Gasteiger partial charge is 0.326 e. The van der Waals surface area contributed by atoms with E-state index in [1.54, 1.807) is 13.8 Å². The van der Waals surface area contributed by atoms with E-state index in [-0.39, 0.29) is 19.3 Å². The first-order valence-corrected chi connectivity index (χ1v) is 10.4. The van der Waals surface area contributed by atoms with Crippen molar-refractivity contribution in [2.24, 2.45) is 17.4 Å². The Balaban J connectivity index is 5.22. The van der Waals surface area contributed by atoms with Gasteiger partial charge in [0, 0.05) is 6.42 Å². The zero-order chi connectivity index (χ0) is 24.8. The zero-order valence-electron chi connectivity index (χ0n) is 18.4. The molecule has 0 saturated carbocycles. The highest BCUT2D eigenvalue weighted by Crippen LogP contribution is 2.06. The van der Waals surface area contributed by atoms with Crippen LogP contribution in [0.25, 0.3) is 0 Å². The molecular formula is C19H35N5O8. The van der Waals surface area contributed by atoms with Gasteiger partial charge in [-0.1, -0.05) is 13.8 Å². The second-order valence-electron chi connectivity index (χ2n) is 7.70. The van der Waals surface area contributed by atoms with E-state index in [0.29, 0.717) is 19.4 Å². The van der Waals surface area contributed by atoms with Crippen LogP contribution >= 0.6 is 0 Å². The summed E-state index contributed by atoms with van der Waals surface area (Å²) in [6.07, 6.45) is 0.657. The van der Waals surface area contributed by atoms with Crippen LogP contribution in [0.15, 0.2) is 0 Å². The molecule has 0 bridgehead atoms. The lowest BCUT2D eigenvalue weighted by Crippen LogP contribution is -2.58. The summed E-state index contributed by atoms with van der Waals surface area (Å²) < 4.78 is 0. The number of aliphatic carboxylic acids is 2. The monoisotopic (exact) mass is 461 g/mol. The first-order valence-electron chi connectivity index (χ1n) is 10.4. The summed E-state index contributed by atoms with van der Waals surface area (Å²) in [5.41, 5.74) is 11.0. The third kappa shape index (κ3) is 11.0. The van der Waals surface area contributed by atoms with Crippen molar-refractivity contribution in [3.63, 3.8) is 0 Å². The number of carboxylic acid groups (broad SMARTS) is 2. The van der Waals surface area contributed by atoms with Crippen LogP contribution in [0.5, 0.6) is 0 Å². The number of aliphatic hydroxyl groups is 1. The molecule has 0 aromatic carbocycles. The molecule has 0 aliphatic rings. The number of rotatable bonds is 16. The van der Waals surface area contributed by atoms with Crippen molar-refractivity contribution in [1.82, 2.24) is 16.0 Å². The molecule has 0 spiro atoms. The minimum absolute atomic E-state index is 0.156. The van der Waals surface area contributed by atoms with Gasteiger partial charge in [-0.2, -0.15) is 0 Å². The molecule has 0 saturated heterocycles. The molecule has 0 radical (unpaired) electrons. The molecule has 0 aliphatic carbocycles. The lowest BCUT2D eigenvalue weighted by Gasteiger charge is -2.25. The highest BCUT2D eigenvalue weighted by atomic mass is 16.4. The van der Waals surface area contributed by atoms with Crippen LogP contribution in [0.4, 0.5) is 0 Å².